The fraction of sp³-hybridized carbons (Fsp3) is 0.571. The Bertz CT molecular complexity index is 281. The van der Waals surface area contributed by atoms with Gasteiger partial charge in [-0.3, -0.25) is 5.11 Å². The Morgan fingerprint density at radius 1 is 0.800 bits per heavy atom. The molecule has 0 aromatic heterocycles. The van der Waals surface area contributed by atoms with Gasteiger partial charge in [0.1, 0.15) is 0 Å². The van der Waals surface area contributed by atoms with Crippen LogP contribution in [0.3, 0.4) is 0 Å². The van der Waals surface area contributed by atoms with Crippen molar-refractivity contribution in [2.45, 2.75) is 50.9 Å². The molecule has 1 aliphatic carbocycles. The zero-order valence-corrected chi connectivity index (χ0v) is 9.24. The maximum Gasteiger partial charge on any atom is 0.178 e. The molecule has 0 atom stereocenters. The third kappa shape index (κ3) is 2.98. The first-order valence-corrected chi connectivity index (χ1v) is 6.13. The van der Waals surface area contributed by atoms with E-state index in [1.165, 1.54) is 50.5 Å². The van der Waals surface area contributed by atoms with E-state index in [0.717, 1.165) is 0 Å². The molecule has 1 heteroatoms. The van der Waals surface area contributed by atoms with E-state index in [1.54, 1.807) is 12.1 Å². The molecule has 0 heterocycles. The average molecular weight is 203 g/mol. The molecule has 0 N–H and O–H groups in total. The molecule has 1 saturated carbocycles. The lowest BCUT2D eigenvalue weighted by atomic mass is 9.86. The summed E-state index contributed by atoms with van der Waals surface area (Å²) in [5.41, 5.74) is 1.37. The van der Waals surface area contributed by atoms with E-state index < -0.39 is 0 Å². The van der Waals surface area contributed by atoms with Crippen LogP contribution in [0.5, 0.6) is 5.75 Å². The molecule has 1 radical (unpaired) electrons. The second kappa shape index (κ2) is 5.20. The van der Waals surface area contributed by atoms with Gasteiger partial charge in [-0.1, -0.05) is 44.2 Å². The quantitative estimate of drug-likeness (QED) is 0.632. The van der Waals surface area contributed by atoms with E-state index in [-0.39, 0.29) is 5.75 Å². The predicted molar refractivity (Wildman–Crippen MR) is 61.6 cm³/mol. The third-order valence-electron chi connectivity index (χ3n) is 3.46. The van der Waals surface area contributed by atoms with Crippen LogP contribution in [0.25, 0.3) is 0 Å². The van der Waals surface area contributed by atoms with Gasteiger partial charge in [0.25, 0.3) is 0 Å². The van der Waals surface area contributed by atoms with Crippen molar-refractivity contribution in [2.75, 3.05) is 0 Å². The zero-order valence-electron chi connectivity index (χ0n) is 9.24. The fourth-order valence-corrected chi connectivity index (χ4v) is 2.53. The van der Waals surface area contributed by atoms with Gasteiger partial charge in [-0.05, 0) is 36.5 Å². The van der Waals surface area contributed by atoms with Gasteiger partial charge in [-0.2, -0.15) is 0 Å². The molecule has 81 valence electrons. The summed E-state index contributed by atoms with van der Waals surface area (Å²) in [5.74, 6) is 0.829. The van der Waals surface area contributed by atoms with Gasteiger partial charge < -0.3 is 0 Å². The van der Waals surface area contributed by atoms with Crippen LogP contribution in [-0.2, 0) is 5.11 Å². The molecule has 15 heavy (non-hydrogen) atoms. The molecule has 0 bridgehead atoms. The number of rotatable bonds is 1. The van der Waals surface area contributed by atoms with Crippen molar-refractivity contribution in [2.24, 2.45) is 0 Å². The molecular weight excluding hydrogens is 184 g/mol. The molecule has 1 aliphatic rings. The second-order valence-electron chi connectivity index (χ2n) is 4.61. The van der Waals surface area contributed by atoms with Crippen LogP contribution in [0, 0.1) is 0 Å². The molecule has 2 rings (SSSR count). The van der Waals surface area contributed by atoms with Crippen molar-refractivity contribution in [1.29, 1.82) is 0 Å². The summed E-state index contributed by atoms with van der Waals surface area (Å²) in [5, 5.41) is 11.0. The van der Waals surface area contributed by atoms with E-state index in [2.05, 4.69) is 0 Å². The molecule has 1 nitrogen and oxygen atoms in total. The largest absolute Gasteiger partial charge is 0.290 e. The fourth-order valence-electron chi connectivity index (χ4n) is 2.53. The van der Waals surface area contributed by atoms with Crippen molar-refractivity contribution in [1.82, 2.24) is 0 Å². The number of hydrogen-bond donors (Lipinski definition) is 0. The Labute approximate surface area is 92.1 Å². The van der Waals surface area contributed by atoms with Crippen molar-refractivity contribution in [3.05, 3.63) is 29.8 Å². The van der Waals surface area contributed by atoms with Gasteiger partial charge in [0.2, 0.25) is 0 Å². The molecule has 0 unspecified atom stereocenters. The Morgan fingerprint density at radius 2 is 1.33 bits per heavy atom. The van der Waals surface area contributed by atoms with E-state index in [1.807, 2.05) is 12.1 Å². The van der Waals surface area contributed by atoms with Crippen molar-refractivity contribution in [3.8, 4) is 5.75 Å². The Kier molecular flexibility index (Phi) is 3.65. The Morgan fingerprint density at radius 3 is 1.93 bits per heavy atom. The topological polar surface area (TPSA) is 19.9 Å². The average Bonchev–Trinajstić information content (AvgIpc) is 2.19. The maximum atomic E-state index is 11.0. The monoisotopic (exact) mass is 203 g/mol. The summed E-state index contributed by atoms with van der Waals surface area (Å²) in [4.78, 5) is 0. The second-order valence-corrected chi connectivity index (χ2v) is 4.61. The van der Waals surface area contributed by atoms with E-state index in [4.69, 9.17) is 0 Å². The van der Waals surface area contributed by atoms with Gasteiger partial charge in [-0.15, -0.1) is 0 Å². The molecule has 0 aliphatic heterocycles. The summed E-state index contributed by atoms with van der Waals surface area (Å²) in [6.45, 7) is 0. The first-order valence-electron chi connectivity index (χ1n) is 6.13. The molecule has 1 aromatic rings. The summed E-state index contributed by atoms with van der Waals surface area (Å²) in [7, 11) is 0. The molecule has 1 fully saturated rings. The van der Waals surface area contributed by atoms with Crippen molar-refractivity contribution >= 4 is 0 Å². The van der Waals surface area contributed by atoms with E-state index in [9.17, 15) is 5.11 Å². The van der Waals surface area contributed by atoms with Crippen LogP contribution < -0.4 is 0 Å². The van der Waals surface area contributed by atoms with Crippen LogP contribution in [0.2, 0.25) is 0 Å². The van der Waals surface area contributed by atoms with Crippen LogP contribution in [0.15, 0.2) is 24.3 Å². The first kappa shape index (κ1) is 10.5. The zero-order chi connectivity index (χ0) is 10.5. The molecule has 0 spiro atoms. The highest BCUT2D eigenvalue weighted by molar-refractivity contribution is 5.28. The summed E-state index contributed by atoms with van der Waals surface area (Å²) in [6.07, 6.45) is 9.49. The van der Waals surface area contributed by atoms with E-state index >= 15 is 0 Å². The minimum atomic E-state index is 0.129. The van der Waals surface area contributed by atoms with Gasteiger partial charge >= 0.3 is 0 Å². The van der Waals surface area contributed by atoms with Crippen LogP contribution in [0.4, 0.5) is 0 Å². The van der Waals surface area contributed by atoms with Gasteiger partial charge in [-0.25, -0.2) is 0 Å². The highest BCUT2D eigenvalue weighted by Gasteiger charge is 2.13. The van der Waals surface area contributed by atoms with Crippen LogP contribution >= 0.6 is 0 Å². The summed E-state index contributed by atoms with van der Waals surface area (Å²) < 4.78 is 0. The molecule has 1 aromatic carbocycles. The number of benzene rings is 1. The van der Waals surface area contributed by atoms with Crippen LogP contribution in [-0.4, -0.2) is 0 Å². The van der Waals surface area contributed by atoms with Gasteiger partial charge in [0, 0.05) is 0 Å². The SMILES string of the molecule is [O]c1ccc(C2CCCCCCC2)cc1. The van der Waals surface area contributed by atoms with Crippen molar-refractivity contribution < 1.29 is 5.11 Å². The molecule has 0 saturated heterocycles. The highest BCUT2D eigenvalue weighted by atomic mass is 16.3. The molecule has 0 amide bonds. The van der Waals surface area contributed by atoms with Crippen molar-refractivity contribution in [3.63, 3.8) is 0 Å². The van der Waals surface area contributed by atoms with Gasteiger partial charge in [0.05, 0.1) is 0 Å². The third-order valence-corrected chi connectivity index (χ3v) is 3.46. The predicted octanol–water partition coefficient (Wildman–Crippen LogP) is 4.66. The Hall–Kier alpha value is -0.980. The van der Waals surface area contributed by atoms with E-state index in [0.29, 0.717) is 5.92 Å². The first-order chi connectivity index (χ1) is 7.36. The lowest BCUT2D eigenvalue weighted by Crippen LogP contribution is -2.01. The maximum absolute atomic E-state index is 11.0. The summed E-state index contributed by atoms with van der Waals surface area (Å²) in [6, 6.07) is 7.45. The van der Waals surface area contributed by atoms with Gasteiger partial charge in [0.15, 0.2) is 5.75 Å². The minimum absolute atomic E-state index is 0.129. The highest BCUT2D eigenvalue weighted by Crippen LogP contribution is 2.31. The molecular formula is C14H19O. The minimum Gasteiger partial charge on any atom is -0.290 e. The number of hydrogen-bond acceptors (Lipinski definition) is 0. The standard InChI is InChI=1S/C14H19O/c15-14-10-8-13(9-11-14)12-6-4-2-1-3-5-7-12/h8-12H,1-7H2. The van der Waals surface area contributed by atoms with Crippen LogP contribution in [0.1, 0.15) is 56.4 Å². The lowest BCUT2D eigenvalue weighted by molar-refractivity contribution is 0.354. The summed E-state index contributed by atoms with van der Waals surface area (Å²) >= 11 is 0. The smallest absolute Gasteiger partial charge is 0.178 e. The normalized spacial score (nSPS) is 19.5. The Balaban J connectivity index is 2.03. The lowest BCUT2D eigenvalue weighted by Gasteiger charge is -2.19.